The van der Waals surface area contributed by atoms with Crippen LogP contribution in [0.1, 0.15) is 45.1 Å². The van der Waals surface area contributed by atoms with E-state index < -0.39 is 17.9 Å². The van der Waals surface area contributed by atoms with E-state index in [0.29, 0.717) is 29.7 Å². The van der Waals surface area contributed by atoms with Gasteiger partial charge in [-0.15, -0.1) is 0 Å². The molecule has 38 heavy (non-hydrogen) atoms. The molecule has 1 N–H and O–H groups in total. The highest BCUT2D eigenvalue weighted by Crippen LogP contribution is 2.36. The molecule has 0 radical (unpaired) electrons. The molecule has 1 saturated heterocycles. The smallest absolute Gasteiger partial charge is 0.387 e. The second-order valence-electron chi connectivity index (χ2n) is 10.3. The van der Waals surface area contributed by atoms with E-state index in [0.717, 1.165) is 31.4 Å². The van der Waals surface area contributed by atoms with Gasteiger partial charge in [-0.25, -0.2) is 4.98 Å². The Balaban J connectivity index is 1.41. The van der Waals surface area contributed by atoms with Crippen molar-refractivity contribution in [2.24, 2.45) is 5.92 Å². The number of piperidine rings is 1. The lowest BCUT2D eigenvalue weighted by Gasteiger charge is -2.34. The summed E-state index contributed by atoms with van der Waals surface area (Å²) in [5, 5.41) is 3.60. The van der Waals surface area contributed by atoms with Crippen LogP contribution in [-0.2, 0) is 4.79 Å². The third kappa shape index (κ3) is 5.20. The van der Waals surface area contributed by atoms with Crippen molar-refractivity contribution in [3.63, 3.8) is 0 Å². The molecule has 2 aromatic heterocycles. The Morgan fingerprint density at radius 3 is 2.53 bits per heavy atom. The van der Waals surface area contributed by atoms with Gasteiger partial charge < -0.3 is 19.9 Å². The van der Waals surface area contributed by atoms with Gasteiger partial charge >= 0.3 is 6.61 Å². The van der Waals surface area contributed by atoms with Gasteiger partial charge in [0.25, 0.3) is 5.56 Å². The number of ether oxygens (including phenoxy) is 1. The van der Waals surface area contributed by atoms with E-state index in [1.165, 1.54) is 16.8 Å². The van der Waals surface area contributed by atoms with Crippen LogP contribution >= 0.6 is 0 Å². The topological polar surface area (TPSA) is 92.6 Å². The molecule has 1 amide bonds. The first-order valence-electron chi connectivity index (χ1n) is 12.9. The van der Waals surface area contributed by atoms with E-state index in [1.54, 1.807) is 4.90 Å². The summed E-state index contributed by atoms with van der Waals surface area (Å²) in [6, 6.07) is 8.81. The van der Waals surface area contributed by atoms with Gasteiger partial charge in [-0.05, 0) is 69.6 Å². The molecular formula is C27H32F2N6O3. The molecule has 2 fully saturated rings. The van der Waals surface area contributed by atoms with Crippen molar-refractivity contribution in [1.82, 2.24) is 19.4 Å². The minimum Gasteiger partial charge on any atom is -0.429 e. The number of hydrogen-bond donors (Lipinski definition) is 1. The van der Waals surface area contributed by atoms with E-state index in [4.69, 9.17) is 0 Å². The molecule has 2 aliphatic rings. The van der Waals surface area contributed by atoms with Crippen LogP contribution in [-0.4, -0.2) is 58.6 Å². The van der Waals surface area contributed by atoms with Crippen molar-refractivity contribution in [3.8, 4) is 5.75 Å². The molecule has 3 atom stereocenters. The second kappa shape index (κ2) is 10.6. The zero-order chi connectivity index (χ0) is 27.0. The standard InChI is InChI=1S/C27H32F2N6O3/c1-16-5-4-6-21(16)35-24-17(13-22(25(35)37)38-26(28)29)15-30-27(32-24)31-18-7-9-19(10-8-18)34-12-11-20(33(2)3)14-23(34)36/h7-10,13,15-16,20-21,26H,4-6,11-12,14H2,1-3H3,(H,30,31,32)/t16-,20-,21+/m0/s1. The van der Waals surface area contributed by atoms with Gasteiger partial charge in [-0.3, -0.25) is 14.2 Å². The molecule has 202 valence electrons. The Bertz CT molecular complexity index is 1380. The Labute approximate surface area is 219 Å². The molecule has 1 saturated carbocycles. The largest absolute Gasteiger partial charge is 0.429 e. The first-order chi connectivity index (χ1) is 18.2. The number of carbonyl (C=O) groups is 1. The normalized spacial score (nSPS) is 22.0. The van der Waals surface area contributed by atoms with Crippen LogP contribution in [0.3, 0.4) is 0 Å². The lowest BCUT2D eigenvalue weighted by Crippen LogP contribution is -2.45. The zero-order valence-corrected chi connectivity index (χ0v) is 21.7. The third-order valence-corrected chi connectivity index (χ3v) is 7.67. The lowest BCUT2D eigenvalue weighted by molar-refractivity contribution is -0.120. The van der Waals surface area contributed by atoms with E-state index >= 15 is 0 Å². The van der Waals surface area contributed by atoms with Crippen molar-refractivity contribution < 1.29 is 18.3 Å². The highest BCUT2D eigenvalue weighted by Gasteiger charge is 2.30. The quantitative estimate of drug-likeness (QED) is 0.483. The van der Waals surface area contributed by atoms with Gasteiger partial charge in [-0.2, -0.15) is 13.8 Å². The minimum atomic E-state index is -3.10. The highest BCUT2D eigenvalue weighted by atomic mass is 19.3. The highest BCUT2D eigenvalue weighted by molar-refractivity contribution is 5.94. The van der Waals surface area contributed by atoms with Gasteiger partial charge in [0.2, 0.25) is 11.9 Å². The van der Waals surface area contributed by atoms with Crippen molar-refractivity contribution in [2.75, 3.05) is 30.9 Å². The van der Waals surface area contributed by atoms with Gasteiger partial charge in [0.05, 0.1) is 0 Å². The number of aromatic nitrogens is 3. The van der Waals surface area contributed by atoms with Crippen molar-refractivity contribution >= 4 is 34.3 Å². The molecule has 1 aromatic carbocycles. The van der Waals surface area contributed by atoms with Crippen molar-refractivity contribution in [1.29, 1.82) is 0 Å². The van der Waals surface area contributed by atoms with E-state index in [9.17, 15) is 18.4 Å². The molecule has 11 heteroatoms. The van der Waals surface area contributed by atoms with Crippen molar-refractivity contribution in [2.45, 2.75) is 57.7 Å². The second-order valence-corrected chi connectivity index (χ2v) is 10.3. The summed E-state index contributed by atoms with van der Waals surface area (Å²) in [7, 11) is 3.99. The molecule has 0 spiro atoms. The number of nitrogens with zero attached hydrogens (tertiary/aromatic N) is 5. The molecule has 3 heterocycles. The fraction of sp³-hybridized carbons (Fsp3) is 0.481. The number of hydrogen-bond acceptors (Lipinski definition) is 7. The Hall–Kier alpha value is -3.60. The maximum absolute atomic E-state index is 13.2. The molecule has 0 bridgehead atoms. The number of halogens is 2. The van der Waals surface area contributed by atoms with Crippen molar-refractivity contribution in [3.05, 3.63) is 46.9 Å². The zero-order valence-electron chi connectivity index (χ0n) is 21.7. The van der Waals surface area contributed by atoms with Gasteiger partial charge in [0.1, 0.15) is 5.65 Å². The first-order valence-corrected chi connectivity index (χ1v) is 12.9. The fourth-order valence-corrected chi connectivity index (χ4v) is 5.54. The van der Waals surface area contributed by atoms with Crippen LogP contribution in [0.5, 0.6) is 5.75 Å². The fourth-order valence-electron chi connectivity index (χ4n) is 5.54. The van der Waals surface area contributed by atoms with Gasteiger partial charge in [0.15, 0.2) is 5.75 Å². The summed E-state index contributed by atoms with van der Waals surface area (Å²) in [4.78, 5) is 38.7. The van der Waals surface area contributed by atoms with Gasteiger partial charge in [0, 0.05) is 48.0 Å². The Kier molecular flexibility index (Phi) is 7.29. The number of rotatable bonds is 7. The lowest BCUT2D eigenvalue weighted by atomic mass is 10.0. The van der Waals surface area contributed by atoms with Crippen LogP contribution in [0, 0.1) is 5.92 Å². The summed E-state index contributed by atoms with van der Waals surface area (Å²) in [6.07, 6.45) is 5.54. The number of carbonyl (C=O) groups excluding carboxylic acids is 1. The van der Waals surface area contributed by atoms with E-state index in [-0.39, 0.29) is 29.9 Å². The Morgan fingerprint density at radius 2 is 1.89 bits per heavy atom. The summed E-state index contributed by atoms with van der Waals surface area (Å²) >= 11 is 0. The first kappa shape index (κ1) is 26.0. The summed E-state index contributed by atoms with van der Waals surface area (Å²) in [5.41, 5.74) is 1.30. The average molecular weight is 527 g/mol. The number of benzene rings is 1. The third-order valence-electron chi connectivity index (χ3n) is 7.67. The summed E-state index contributed by atoms with van der Waals surface area (Å²) < 4.78 is 32.0. The molecular weight excluding hydrogens is 494 g/mol. The van der Waals surface area contributed by atoms with Crippen LogP contribution in [0.15, 0.2) is 41.3 Å². The summed E-state index contributed by atoms with van der Waals surface area (Å²) in [5.74, 6) is 0.162. The van der Waals surface area contributed by atoms with E-state index in [2.05, 4.69) is 24.9 Å². The van der Waals surface area contributed by atoms with Crippen LogP contribution in [0.25, 0.3) is 11.0 Å². The van der Waals surface area contributed by atoms with Crippen LogP contribution in [0.4, 0.5) is 26.1 Å². The monoisotopic (exact) mass is 526 g/mol. The number of pyridine rings is 1. The molecule has 3 aromatic rings. The SMILES string of the molecule is C[C@H]1CCC[C@H]1n1c(=O)c(OC(F)F)cc2cnc(Nc3ccc(N4CC[C@H](N(C)C)CC4=O)cc3)nc21. The van der Waals surface area contributed by atoms with Gasteiger partial charge in [-0.1, -0.05) is 13.3 Å². The van der Waals surface area contributed by atoms with Crippen LogP contribution in [0.2, 0.25) is 0 Å². The maximum atomic E-state index is 13.2. The summed E-state index contributed by atoms with van der Waals surface area (Å²) in [6.45, 7) is -0.392. The van der Waals surface area contributed by atoms with E-state index in [1.807, 2.05) is 45.3 Å². The number of nitrogens with one attached hydrogen (secondary N) is 1. The maximum Gasteiger partial charge on any atom is 0.387 e. The molecule has 9 nitrogen and oxygen atoms in total. The number of fused-ring (bicyclic) bond motifs is 1. The Morgan fingerprint density at radius 1 is 1.13 bits per heavy atom. The minimum absolute atomic E-state index is 0.0998. The molecule has 5 rings (SSSR count). The number of anilines is 3. The molecule has 0 unspecified atom stereocenters. The molecule has 1 aliphatic carbocycles. The average Bonchev–Trinajstić information content (AvgIpc) is 3.30. The number of amides is 1. The number of alkyl halides is 2. The predicted octanol–water partition coefficient (Wildman–Crippen LogP) is 4.55. The van der Waals surface area contributed by atoms with Crippen LogP contribution < -0.4 is 20.5 Å². The molecule has 1 aliphatic heterocycles. The predicted molar refractivity (Wildman–Crippen MR) is 141 cm³/mol.